The minimum absolute atomic E-state index is 0.0275. The fourth-order valence-electron chi connectivity index (χ4n) is 4.75. The highest BCUT2D eigenvalue weighted by atomic mass is 19.1. The monoisotopic (exact) mass is 396 g/mol. The van der Waals surface area contributed by atoms with Gasteiger partial charge in [0.05, 0.1) is 6.42 Å². The Balaban J connectivity index is 1.41. The highest BCUT2D eigenvalue weighted by Gasteiger charge is 2.41. The lowest BCUT2D eigenvalue weighted by Crippen LogP contribution is -2.51. The Hall–Kier alpha value is -2.40. The van der Waals surface area contributed by atoms with Crippen LogP contribution in [0, 0.1) is 5.82 Å². The van der Waals surface area contributed by atoms with Crippen molar-refractivity contribution in [1.29, 1.82) is 0 Å². The van der Waals surface area contributed by atoms with Crippen molar-refractivity contribution in [3.05, 3.63) is 65.5 Å². The lowest BCUT2D eigenvalue weighted by molar-refractivity contribution is -0.133. The number of halogens is 1. The number of hydrogen-bond acceptors (Lipinski definition) is 3. The lowest BCUT2D eigenvalue weighted by Gasteiger charge is -2.43. The highest BCUT2D eigenvalue weighted by Crippen LogP contribution is 2.39. The molecule has 29 heavy (non-hydrogen) atoms. The number of nitrogens with zero attached hydrogens (tertiary/aromatic N) is 2. The molecule has 0 N–H and O–H groups in total. The van der Waals surface area contributed by atoms with E-state index in [1.165, 1.54) is 11.6 Å². The standard InChI is InChI=1S/C24H29FN2O2/c1-26-16-19-8-4-6-10-22(19)29-24(17-26)13-11-20(12-14-24)27(2)23(28)15-18-7-3-5-9-21(18)25/h3-10,20H,11-17H2,1-2H3. The van der Waals surface area contributed by atoms with Crippen molar-refractivity contribution in [2.75, 3.05) is 20.6 Å². The van der Waals surface area contributed by atoms with Gasteiger partial charge in [-0.25, -0.2) is 4.39 Å². The van der Waals surface area contributed by atoms with E-state index in [2.05, 4.69) is 30.1 Å². The fourth-order valence-corrected chi connectivity index (χ4v) is 4.75. The molecule has 4 nitrogen and oxygen atoms in total. The van der Waals surface area contributed by atoms with Crippen molar-refractivity contribution in [1.82, 2.24) is 9.80 Å². The van der Waals surface area contributed by atoms with Gasteiger partial charge >= 0.3 is 0 Å². The summed E-state index contributed by atoms with van der Waals surface area (Å²) in [7, 11) is 3.99. The van der Waals surface area contributed by atoms with Crippen molar-refractivity contribution >= 4 is 5.91 Å². The van der Waals surface area contributed by atoms with E-state index in [0.29, 0.717) is 5.56 Å². The molecule has 5 heteroatoms. The van der Waals surface area contributed by atoms with Crippen LogP contribution in [0.5, 0.6) is 5.75 Å². The van der Waals surface area contributed by atoms with Gasteiger partial charge < -0.3 is 9.64 Å². The summed E-state index contributed by atoms with van der Waals surface area (Å²) in [6, 6.07) is 15.0. The molecule has 1 fully saturated rings. The molecule has 1 aliphatic carbocycles. The van der Waals surface area contributed by atoms with Gasteiger partial charge in [0.2, 0.25) is 5.91 Å². The maximum absolute atomic E-state index is 13.9. The van der Waals surface area contributed by atoms with Crippen LogP contribution < -0.4 is 4.74 Å². The first-order valence-electron chi connectivity index (χ1n) is 10.4. The van der Waals surface area contributed by atoms with Crippen molar-refractivity contribution in [2.24, 2.45) is 0 Å². The number of hydrogen-bond donors (Lipinski definition) is 0. The second-order valence-electron chi connectivity index (χ2n) is 8.57. The SMILES string of the molecule is CN1Cc2ccccc2OC2(CCC(N(C)C(=O)Cc3ccccc3F)CC2)C1. The van der Waals surface area contributed by atoms with E-state index in [9.17, 15) is 9.18 Å². The summed E-state index contributed by atoms with van der Waals surface area (Å²) in [6.07, 6.45) is 3.73. The van der Waals surface area contributed by atoms with E-state index in [1.807, 2.05) is 18.0 Å². The van der Waals surface area contributed by atoms with E-state index < -0.39 is 0 Å². The molecule has 0 atom stereocenters. The molecule has 1 amide bonds. The summed E-state index contributed by atoms with van der Waals surface area (Å²) < 4.78 is 20.5. The number of likely N-dealkylation sites (N-methyl/N-ethyl adjacent to an activating group) is 2. The maximum Gasteiger partial charge on any atom is 0.227 e. The van der Waals surface area contributed by atoms with Gasteiger partial charge in [0.1, 0.15) is 17.2 Å². The van der Waals surface area contributed by atoms with Gasteiger partial charge in [0, 0.05) is 31.7 Å². The normalized spacial score (nSPS) is 24.4. The molecule has 1 heterocycles. The Morgan fingerprint density at radius 2 is 1.86 bits per heavy atom. The second kappa shape index (κ2) is 8.15. The van der Waals surface area contributed by atoms with Crippen LogP contribution in [0.15, 0.2) is 48.5 Å². The third kappa shape index (κ3) is 4.30. The van der Waals surface area contributed by atoms with Crippen LogP contribution in [0.3, 0.4) is 0 Å². The van der Waals surface area contributed by atoms with Gasteiger partial charge in [-0.3, -0.25) is 9.69 Å². The summed E-state index contributed by atoms with van der Waals surface area (Å²) in [6.45, 7) is 1.78. The zero-order valence-electron chi connectivity index (χ0n) is 17.2. The van der Waals surface area contributed by atoms with E-state index in [4.69, 9.17) is 4.74 Å². The van der Waals surface area contributed by atoms with Crippen LogP contribution in [0.4, 0.5) is 4.39 Å². The molecule has 154 valence electrons. The molecule has 2 aromatic carbocycles. The van der Waals surface area contributed by atoms with Crippen molar-refractivity contribution in [3.8, 4) is 5.75 Å². The van der Waals surface area contributed by atoms with Gasteiger partial charge in [-0.1, -0.05) is 36.4 Å². The van der Waals surface area contributed by atoms with E-state index >= 15 is 0 Å². The zero-order chi connectivity index (χ0) is 20.4. The first-order chi connectivity index (χ1) is 14.0. The summed E-state index contributed by atoms with van der Waals surface area (Å²) in [5, 5.41) is 0. The Morgan fingerprint density at radius 1 is 1.17 bits per heavy atom. The van der Waals surface area contributed by atoms with Crippen molar-refractivity contribution in [2.45, 2.75) is 50.3 Å². The van der Waals surface area contributed by atoms with E-state index in [0.717, 1.165) is 44.5 Å². The average Bonchev–Trinajstić information content (AvgIpc) is 2.84. The summed E-state index contributed by atoms with van der Waals surface area (Å²) in [5.74, 6) is 0.644. The number of amides is 1. The molecule has 0 unspecified atom stereocenters. The van der Waals surface area contributed by atoms with Gasteiger partial charge in [0.15, 0.2) is 0 Å². The number of ether oxygens (including phenoxy) is 1. The van der Waals surface area contributed by atoms with Gasteiger partial charge in [-0.2, -0.15) is 0 Å². The predicted molar refractivity (Wildman–Crippen MR) is 111 cm³/mol. The fraction of sp³-hybridized carbons (Fsp3) is 0.458. The largest absolute Gasteiger partial charge is 0.486 e. The number of para-hydroxylation sites is 1. The lowest BCUT2D eigenvalue weighted by atomic mass is 9.81. The third-order valence-corrected chi connectivity index (χ3v) is 6.40. The van der Waals surface area contributed by atoms with Crippen LogP contribution in [0.1, 0.15) is 36.8 Å². The molecule has 0 aromatic heterocycles. The first-order valence-corrected chi connectivity index (χ1v) is 10.4. The van der Waals surface area contributed by atoms with E-state index in [1.54, 1.807) is 18.2 Å². The summed E-state index contributed by atoms with van der Waals surface area (Å²) in [5.41, 5.74) is 1.49. The first kappa shape index (κ1) is 19.9. The molecule has 1 spiro atoms. The number of carbonyl (C=O) groups excluding carboxylic acids is 1. The number of benzene rings is 2. The Morgan fingerprint density at radius 3 is 2.62 bits per heavy atom. The predicted octanol–water partition coefficient (Wildman–Crippen LogP) is 4.03. The van der Waals surface area contributed by atoms with Crippen molar-refractivity contribution < 1.29 is 13.9 Å². The Labute approximate surface area is 172 Å². The van der Waals surface area contributed by atoms with Crippen LogP contribution in [-0.4, -0.2) is 48.0 Å². The van der Waals surface area contributed by atoms with Crippen LogP contribution in [0.25, 0.3) is 0 Å². The van der Waals surface area contributed by atoms with Gasteiger partial charge in [-0.05, 0) is 50.4 Å². The van der Waals surface area contributed by atoms with Crippen LogP contribution >= 0.6 is 0 Å². The van der Waals surface area contributed by atoms with Gasteiger partial charge in [-0.15, -0.1) is 0 Å². The smallest absolute Gasteiger partial charge is 0.227 e. The molecule has 4 rings (SSSR count). The minimum atomic E-state index is -0.314. The quantitative estimate of drug-likeness (QED) is 0.785. The van der Waals surface area contributed by atoms with Crippen molar-refractivity contribution in [3.63, 3.8) is 0 Å². The summed E-state index contributed by atoms with van der Waals surface area (Å²) in [4.78, 5) is 16.9. The minimum Gasteiger partial charge on any atom is -0.486 e. The number of rotatable bonds is 3. The molecule has 0 bridgehead atoms. The number of carbonyl (C=O) groups is 1. The number of fused-ring (bicyclic) bond motifs is 1. The molecule has 1 saturated carbocycles. The molecular weight excluding hydrogens is 367 g/mol. The third-order valence-electron chi connectivity index (χ3n) is 6.40. The highest BCUT2D eigenvalue weighted by molar-refractivity contribution is 5.78. The average molecular weight is 397 g/mol. The molecule has 1 aliphatic heterocycles. The Kier molecular flexibility index (Phi) is 5.59. The maximum atomic E-state index is 13.9. The van der Waals surface area contributed by atoms with E-state index in [-0.39, 0.29) is 29.8 Å². The zero-order valence-corrected chi connectivity index (χ0v) is 17.2. The molecule has 0 saturated heterocycles. The molecular formula is C24H29FN2O2. The Bertz CT molecular complexity index is 877. The summed E-state index contributed by atoms with van der Waals surface area (Å²) >= 11 is 0. The van der Waals surface area contributed by atoms with Crippen LogP contribution in [-0.2, 0) is 17.8 Å². The molecule has 0 radical (unpaired) electrons. The van der Waals surface area contributed by atoms with Crippen LogP contribution in [0.2, 0.25) is 0 Å². The molecule has 2 aromatic rings. The topological polar surface area (TPSA) is 32.8 Å². The van der Waals surface area contributed by atoms with Gasteiger partial charge in [0.25, 0.3) is 0 Å². The second-order valence-corrected chi connectivity index (χ2v) is 8.57. The molecule has 2 aliphatic rings.